The Kier molecular flexibility index (Phi) is 4.04. The van der Waals surface area contributed by atoms with Gasteiger partial charge in [-0.15, -0.1) is 0 Å². The second-order valence-corrected chi connectivity index (χ2v) is 5.27. The molecule has 0 aliphatic carbocycles. The lowest BCUT2D eigenvalue weighted by molar-refractivity contribution is -0.144. The first kappa shape index (κ1) is 14.5. The van der Waals surface area contributed by atoms with Crippen LogP contribution in [0, 0.1) is 0 Å². The predicted molar refractivity (Wildman–Crippen MR) is 78.5 cm³/mol. The summed E-state index contributed by atoms with van der Waals surface area (Å²) in [7, 11) is 0. The zero-order chi connectivity index (χ0) is 15.5. The number of aliphatic carboxylic acids is 1. The summed E-state index contributed by atoms with van der Waals surface area (Å²) in [5.74, 6) is 0.0898. The van der Waals surface area contributed by atoms with Crippen molar-refractivity contribution in [1.82, 2.24) is 4.90 Å². The van der Waals surface area contributed by atoms with Gasteiger partial charge in [-0.25, -0.2) is 0 Å². The summed E-state index contributed by atoms with van der Waals surface area (Å²) >= 11 is 0. The molecule has 1 aromatic rings. The van der Waals surface area contributed by atoms with Crippen LogP contribution in [0.2, 0.25) is 0 Å². The van der Waals surface area contributed by atoms with E-state index in [-0.39, 0.29) is 5.91 Å². The Morgan fingerprint density at radius 2 is 1.73 bits per heavy atom. The number of nitrogens with zero attached hydrogens (tertiary/aromatic N) is 2. The Bertz CT molecular complexity index is 581. The van der Waals surface area contributed by atoms with Crippen LogP contribution in [-0.2, 0) is 9.59 Å². The molecule has 1 N–H and O–H groups in total. The number of benzene rings is 1. The molecule has 3 rings (SSSR count). The normalized spacial score (nSPS) is 17.3. The standard InChI is InChI=1S/C15H18N2O5/c18-14(10-15(19)20)17-5-3-16(4-6-17)11-1-2-12-13(9-11)22-8-7-21-12/h1-2,9H,3-8,10H2,(H,19,20). The van der Waals surface area contributed by atoms with E-state index in [9.17, 15) is 9.59 Å². The number of piperazine rings is 1. The zero-order valence-electron chi connectivity index (χ0n) is 12.2. The highest BCUT2D eigenvalue weighted by molar-refractivity contribution is 5.93. The molecular formula is C15H18N2O5. The average Bonchev–Trinajstić information content (AvgIpc) is 2.54. The van der Waals surface area contributed by atoms with Gasteiger partial charge in [0.25, 0.3) is 0 Å². The second kappa shape index (κ2) is 6.13. The molecule has 2 aliphatic rings. The largest absolute Gasteiger partial charge is 0.486 e. The van der Waals surface area contributed by atoms with Crippen molar-refractivity contribution >= 4 is 17.6 Å². The van der Waals surface area contributed by atoms with E-state index in [2.05, 4.69) is 4.90 Å². The van der Waals surface area contributed by atoms with Crippen molar-refractivity contribution in [2.75, 3.05) is 44.3 Å². The molecule has 7 heteroatoms. The number of carboxylic acid groups (broad SMARTS) is 1. The molecule has 1 fully saturated rings. The first-order valence-electron chi connectivity index (χ1n) is 7.27. The molecule has 1 aromatic carbocycles. The molecule has 22 heavy (non-hydrogen) atoms. The van der Waals surface area contributed by atoms with Gasteiger partial charge < -0.3 is 24.4 Å². The molecule has 0 unspecified atom stereocenters. The van der Waals surface area contributed by atoms with Crippen molar-refractivity contribution in [2.45, 2.75) is 6.42 Å². The molecule has 0 bridgehead atoms. The van der Waals surface area contributed by atoms with E-state index in [0.29, 0.717) is 39.4 Å². The van der Waals surface area contributed by atoms with Gasteiger partial charge >= 0.3 is 5.97 Å². The number of hydrogen-bond donors (Lipinski definition) is 1. The van der Waals surface area contributed by atoms with Crippen LogP contribution in [0.3, 0.4) is 0 Å². The molecule has 2 aliphatic heterocycles. The smallest absolute Gasteiger partial charge is 0.312 e. The highest BCUT2D eigenvalue weighted by Gasteiger charge is 2.23. The fraction of sp³-hybridized carbons (Fsp3) is 0.467. The van der Waals surface area contributed by atoms with E-state index in [1.54, 1.807) is 4.90 Å². The minimum atomic E-state index is -1.08. The molecule has 0 saturated carbocycles. The fourth-order valence-electron chi connectivity index (χ4n) is 2.68. The highest BCUT2D eigenvalue weighted by Crippen LogP contribution is 2.34. The summed E-state index contributed by atoms with van der Waals surface area (Å²) in [4.78, 5) is 26.1. The first-order valence-corrected chi connectivity index (χ1v) is 7.27. The van der Waals surface area contributed by atoms with Crippen LogP contribution in [0.1, 0.15) is 6.42 Å². The molecule has 7 nitrogen and oxygen atoms in total. The van der Waals surface area contributed by atoms with Crippen molar-refractivity contribution in [3.8, 4) is 11.5 Å². The molecule has 1 amide bonds. The van der Waals surface area contributed by atoms with E-state index >= 15 is 0 Å². The summed E-state index contributed by atoms with van der Waals surface area (Å²) in [6.07, 6.45) is -0.440. The summed E-state index contributed by atoms with van der Waals surface area (Å²) in [5, 5.41) is 8.67. The topological polar surface area (TPSA) is 79.3 Å². The minimum absolute atomic E-state index is 0.325. The zero-order valence-corrected chi connectivity index (χ0v) is 12.2. The van der Waals surface area contributed by atoms with E-state index in [4.69, 9.17) is 14.6 Å². The molecule has 118 valence electrons. The van der Waals surface area contributed by atoms with Crippen molar-refractivity contribution < 1.29 is 24.2 Å². The van der Waals surface area contributed by atoms with Crippen LogP contribution in [-0.4, -0.2) is 61.3 Å². The Labute approximate surface area is 128 Å². The van der Waals surface area contributed by atoms with Crippen molar-refractivity contribution in [1.29, 1.82) is 0 Å². The van der Waals surface area contributed by atoms with Crippen LogP contribution in [0.25, 0.3) is 0 Å². The van der Waals surface area contributed by atoms with Crippen LogP contribution >= 0.6 is 0 Å². The first-order chi connectivity index (χ1) is 10.6. The lowest BCUT2D eigenvalue weighted by Crippen LogP contribution is -2.49. The molecule has 2 heterocycles. The lowest BCUT2D eigenvalue weighted by atomic mass is 10.2. The molecular weight excluding hydrogens is 288 g/mol. The van der Waals surface area contributed by atoms with E-state index in [1.807, 2.05) is 18.2 Å². The van der Waals surface area contributed by atoms with Crippen LogP contribution in [0.15, 0.2) is 18.2 Å². The second-order valence-electron chi connectivity index (χ2n) is 5.27. The fourth-order valence-corrected chi connectivity index (χ4v) is 2.68. The summed E-state index contributed by atoms with van der Waals surface area (Å²) < 4.78 is 11.1. The van der Waals surface area contributed by atoms with E-state index in [1.165, 1.54) is 0 Å². The number of amides is 1. The number of fused-ring (bicyclic) bond motifs is 1. The average molecular weight is 306 g/mol. The van der Waals surface area contributed by atoms with Crippen LogP contribution < -0.4 is 14.4 Å². The number of rotatable bonds is 3. The van der Waals surface area contributed by atoms with Gasteiger partial charge in [0.1, 0.15) is 19.6 Å². The minimum Gasteiger partial charge on any atom is -0.486 e. The van der Waals surface area contributed by atoms with Gasteiger partial charge in [0.2, 0.25) is 5.91 Å². The van der Waals surface area contributed by atoms with Gasteiger partial charge in [0.05, 0.1) is 0 Å². The SMILES string of the molecule is O=C(O)CC(=O)N1CCN(c2ccc3c(c2)OCCO3)CC1. The Morgan fingerprint density at radius 3 is 2.41 bits per heavy atom. The predicted octanol–water partition coefficient (Wildman–Crippen LogP) is 0.581. The monoisotopic (exact) mass is 306 g/mol. The summed E-state index contributed by atoms with van der Waals surface area (Å²) in [6, 6.07) is 5.82. The lowest BCUT2D eigenvalue weighted by Gasteiger charge is -2.36. The van der Waals surface area contributed by atoms with Gasteiger partial charge in [-0.2, -0.15) is 0 Å². The maximum Gasteiger partial charge on any atom is 0.312 e. The van der Waals surface area contributed by atoms with Crippen molar-refractivity contribution in [2.24, 2.45) is 0 Å². The summed E-state index contributed by atoms with van der Waals surface area (Å²) in [6.45, 7) is 3.52. The van der Waals surface area contributed by atoms with Crippen molar-refractivity contribution in [3.05, 3.63) is 18.2 Å². The third-order valence-electron chi connectivity index (χ3n) is 3.83. The number of carbonyl (C=O) groups is 2. The Morgan fingerprint density at radius 1 is 1.05 bits per heavy atom. The third-order valence-corrected chi connectivity index (χ3v) is 3.83. The van der Waals surface area contributed by atoms with E-state index < -0.39 is 12.4 Å². The third kappa shape index (κ3) is 3.08. The van der Waals surface area contributed by atoms with Gasteiger partial charge in [-0.3, -0.25) is 9.59 Å². The Hall–Kier alpha value is -2.44. The van der Waals surface area contributed by atoms with Gasteiger partial charge in [-0.05, 0) is 12.1 Å². The summed E-state index contributed by atoms with van der Waals surface area (Å²) in [5.41, 5.74) is 1.02. The number of hydrogen-bond acceptors (Lipinski definition) is 5. The van der Waals surface area contributed by atoms with Crippen LogP contribution in [0.5, 0.6) is 11.5 Å². The number of ether oxygens (including phenoxy) is 2. The Balaban J connectivity index is 1.61. The number of carbonyl (C=O) groups excluding carboxylic acids is 1. The van der Waals surface area contributed by atoms with Crippen LogP contribution in [0.4, 0.5) is 5.69 Å². The molecule has 0 spiro atoms. The van der Waals surface area contributed by atoms with Gasteiger partial charge in [-0.1, -0.05) is 0 Å². The maximum atomic E-state index is 11.7. The number of anilines is 1. The number of carboxylic acids is 1. The van der Waals surface area contributed by atoms with Gasteiger partial charge in [0, 0.05) is 37.9 Å². The molecule has 0 radical (unpaired) electrons. The quantitative estimate of drug-likeness (QED) is 0.823. The molecule has 1 saturated heterocycles. The van der Waals surface area contributed by atoms with Crippen molar-refractivity contribution in [3.63, 3.8) is 0 Å². The van der Waals surface area contributed by atoms with E-state index in [0.717, 1.165) is 17.2 Å². The highest BCUT2D eigenvalue weighted by atomic mass is 16.6. The molecule has 0 atom stereocenters. The molecule has 0 aromatic heterocycles. The van der Waals surface area contributed by atoms with Gasteiger partial charge in [0.15, 0.2) is 11.5 Å². The maximum absolute atomic E-state index is 11.7.